The largest absolute Gasteiger partial charge is 0.350 e. The van der Waals surface area contributed by atoms with Crippen molar-refractivity contribution >= 4 is 27.5 Å². The van der Waals surface area contributed by atoms with Crippen molar-refractivity contribution in [2.45, 2.75) is 72.0 Å². The van der Waals surface area contributed by atoms with Crippen LogP contribution in [-0.2, 0) is 32.6 Å². The molecule has 220 valence electrons. The molecular formula is C33H43N3O4S. The van der Waals surface area contributed by atoms with E-state index in [4.69, 9.17) is 0 Å². The van der Waals surface area contributed by atoms with Gasteiger partial charge in [0.05, 0.1) is 11.9 Å². The van der Waals surface area contributed by atoms with Crippen LogP contribution in [0.3, 0.4) is 0 Å². The number of hydrogen-bond donors (Lipinski definition) is 1. The third-order valence-corrected chi connectivity index (χ3v) is 8.04. The Morgan fingerprint density at radius 3 is 2.07 bits per heavy atom. The Labute approximate surface area is 245 Å². The van der Waals surface area contributed by atoms with Crippen LogP contribution in [0.15, 0.2) is 78.9 Å². The zero-order valence-corrected chi connectivity index (χ0v) is 25.9. The molecule has 0 heterocycles. The SMILES string of the molecule is Cc1ccc(N(CCCC(=O)N(Cc2ccccc2C)C(Cc2ccccc2)C(=O)NC(C)(C)C)S(C)(=O)=O)cc1. The molecule has 0 spiro atoms. The topological polar surface area (TPSA) is 86.8 Å². The predicted octanol–water partition coefficient (Wildman–Crippen LogP) is 5.40. The van der Waals surface area contributed by atoms with Crippen LogP contribution in [0.5, 0.6) is 0 Å². The fourth-order valence-corrected chi connectivity index (χ4v) is 5.66. The van der Waals surface area contributed by atoms with E-state index in [9.17, 15) is 18.0 Å². The molecule has 0 radical (unpaired) electrons. The van der Waals surface area contributed by atoms with E-state index >= 15 is 0 Å². The molecule has 0 fully saturated rings. The fraction of sp³-hybridized carbons (Fsp3) is 0.394. The summed E-state index contributed by atoms with van der Waals surface area (Å²) in [5, 5.41) is 3.08. The molecule has 0 aromatic heterocycles. The van der Waals surface area contributed by atoms with E-state index in [2.05, 4.69) is 5.32 Å². The molecule has 3 aromatic rings. The Bertz CT molecular complexity index is 1410. The Morgan fingerprint density at radius 2 is 1.49 bits per heavy atom. The van der Waals surface area contributed by atoms with Crippen LogP contribution in [0.1, 0.15) is 55.9 Å². The van der Waals surface area contributed by atoms with Crippen molar-refractivity contribution in [3.05, 3.63) is 101 Å². The lowest BCUT2D eigenvalue weighted by Gasteiger charge is -2.34. The fourth-order valence-electron chi connectivity index (χ4n) is 4.69. The van der Waals surface area contributed by atoms with Gasteiger partial charge in [-0.15, -0.1) is 0 Å². The van der Waals surface area contributed by atoms with Gasteiger partial charge in [-0.2, -0.15) is 0 Å². The zero-order valence-electron chi connectivity index (χ0n) is 25.1. The van der Waals surface area contributed by atoms with Crippen molar-refractivity contribution < 1.29 is 18.0 Å². The van der Waals surface area contributed by atoms with Gasteiger partial charge in [0.25, 0.3) is 0 Å². The standard InChI is InChI=1S/C33H43N3O4S/c1-25-18-20-29(21-19-25)36(41(6,39)40)22-12-17-31(37)35(24-28-16-11-10-13-26(28)2)30(32(38)34-33(3,4)5)23-27-14-8-7-9-15-27/h7-11,13-16,18-21,30H,12,17,22-24H2,1-6H3,(H,34,38). The summed E-state index contributed by atoms with van der Waals surface area (Å²) in [4.78, 5) is 29.3. The van der Waals surface area contributed by atoms with Gasteiger partial charge >= 0.3 is 0 Å². The number of sulfonamides is 1. The quantitative estimate of drug-likeness (QED) is 0.312. The number of rotatable bonds is 12. The van der Waals surface area contributed by atoms with Gasteiger partial charge in [0.1, 0.15) is 6.04 Å². The van der Waals surface area contributed by atoms with Crippen LogP contribution in [-0.4, -0.2) is 49.5 Å². The van der Waals surface area contributed by atoms with Crippen LogP contribution in [0.2, 0.25) is 0 Å². The van der Waals surface area contributed by atoms with Crippen LogP contribution >= 0.6 is 0 Å². The number of hydrogen-bond acceptors (Lipinski definition) is 4. The Kier molecular flexibility index (Phi) is 10.7. The van der Waals surface area contributed by atoms with Crippen LogP contribution in [0.4, 0.5) is 5.69 Å². The second kappa shape index (κ2) is 13.8. The first-order valence-electron chi connectivity index (χ1n) is 14.0. The van der Waals surface area contributed by atoms with Crippen molar-refractivity contribution in [3.63, 3.8) is 0 Å². The molecule has 2 amide bonds. The van der Waals surface area contributed by atoms with Gasteiger partial charge in [0.15, 0.2) is 0 Å². The molecule has 0 saturated carbocycles. The lowest BCUT2D eigenvalue weighted by molar-refractivity contribution is -0.142. The third-order valence-electron chi connectivity index (χ3n) is 6.85. The monoisotopic (exact) mass is 577 g/mol. The first kappa shape index (κ1) is 31.9. The van der Waals surface area contributed by atoms with Crippen LogP contribution < -0.4 is 9.62 Å². The van der Waals surface area contributed by atoms with E-state index in [1.165, 1.54) is 10.6 Å². The average molecular weight is 578 g/mol. The van der Waals surface area contributed by atoms with Crippen molar-refractivity contribution in [1.29, 1.82) is 0 Å². The minimum Gasteiger partial charge on any atom is -0.350 e. The number of anilines is 1. The lowest BCUT2D eigenvalue weighted by Crippen LogP contribution is -2.54. The van der Waals surface area contributed by atoms with Gasteiger partial charge in [-0.3, -0.25) is 13.9 Å². The van der Waals surface area contributed by atoms with E-state index < -0.39 is 21.6 Å². The smallest absolute Gasteiger partial charge is 0.243 e. The highest BCUT2D eigenvalue weighted by Crippen LogP contribution is 2.22. The molecule has 0 bridgehead atoms. The van der Waals surface area contributed by atoms with Gasteiger partial charge in [0.2, 0.25) is 21.8 Å². The molecule has 3 aromatic carbocycles. The van der Waals surface area contributed by atoms with Crippen molar-refractivity contribution in [2.24, 2.45) is 0 Å². The number of nitrogens with zero attached hydrogens (tertiary/aromatic N) is 2. The lowest BCUT2D eigenvalue weighted by atomic mass is 9.99. The van der Waals surface area contributed by atoms with E-state index in [0.29, 0.717) is 18.5 Å². The van der Waals surface area contributed by atoms with E-state index in [-0.39, 0.29) is 31.3 Å². The number of amides is 2. The van der Waals surface area contributed by atoms with E-state index in [1.54, 1.807) is 17.0 Å². The zero-order chi connectivity index (χ0) is 30.2. The summed E-state index contributed by atoms with van der Waals surface area (Å²) >= 11 is 0. The number of nitrogens with one attached hydrogen (secondary N) is 1. The Balaban J connectivity index is 1.91. The molecule has 0 saturated heterocycles. The normalized spacial score (nSPS) is 12.4. The third kappa shape index (κ3) is 9.74. The van der Waals surface area contributed by atoms with Crippen molar-refractivity contribution in [2.75, 3.05) is 17.1 Å². The van der Waals surface area contributed by atoms with Gasteiger partial charge in [0, 0.05) is 31.5 Å². The van der Waals surface area contributed by atoms with Gasteiger partial charge in [-0.05, 0) is 69.9 Å². The molecule has 0 aliphatic carbocycles. The molecule has 7 nitrogen and oxygen atoms in total. The van der Waals surface area contributed by atoms with E-state index in [1.807, 2.05) is 101 Å². The maximum Gasteiger partial charge on any atom is 0.243 e. The molecular weight excluding hydrogens is 534 g/mol. The molecule has 3 rings (SSSR count). The van der Waals surface area contributed by atoms with Crippen molar-refractivity contribution in [1.82, 2.24) is 10.2 Å². The maximum absolute atomic E-state index is 14.0. The van der Waals surface area contributed by atoms with Crippen LogP contribution in [0, 0.1) is 13.8 Å². The highest BCUT2D eigenvalue weighted by atomic mass is 32.2. The Morgan fingerprint density at radius 1 is 0.878 bits per heavy atom. The highest BCUT2D eigenvalue weighted by Gasteiger charge is 2.32. The number of carbonyl (C=O) groups excluding carboxylic acids is 2. The molecule has 0 aliphatic rings. The number of benzene rings is 3. The molecule has 41 heavy (non-hydrogen) atoms. The molecule has 1 N–H and O–H groups in total. The average Bonchev–Trinajstić information content (AvgIpc) is 2.89. The minimum absolute atomic E-state index is 0.0951. The minimum atomic E-state index is -3.55. The molecule has 1 unspecified atom stereocenters. The van der Waals surface area contributed by atoms with Gasteiger partial charge < -0.3 is 10.2 Å². The van der Waals surface area contributed by atoms with Gasteiger partial charge in [-0.1, -0.05) is 72.3 Å². The molecule has 1 atom stereocenters. The van der Waals surface area contributed by atoms with E-state index in [0.717, 1.165) is 22.3 Å². The summed E-state index contributed by atoms with van der Waals surface area (Å²) in [6.07, 6.45) is 1.94. The summed E-state index contributed by atoms with van der Waals surface area (Å²) in [7, 11) is -3.55. The second-order valence-corrected chi connectivity index (χ2v) is 13.6. The first-order chi connectivity index (χ1) is 19.2. The maximum atomic E-state index is 14.0. The summed E-state index contributed by atoms with van der Waals surface area (Å²) in [5.74, 6) is -0.420. The molecule has 8 heteroatoms. The number of aryl methyl sites for hydroxylation is 2. The molecule has 0 aliphatic heterocycles. The summed E-state index contributed by atoms with van der Waals surface area (Å²) in [5.41, 5.74) is 4.05. The summed E-state index contributed by atoms with van der Waals surface area (Å²) in [6, 6.07) is 24.1. The number of carbonyl (C=O) groups is 2. The first-order valence-corrected chi connectivity index (χ1v) is 15.8. The highest BCUT2D eigenvalue weighted by molar-refractivity contribution is 7.92. The van der Waals surface area contributed by atoms with Crippen molar-refractivity contribution in [3.8, 4) is 0 Å². The summed E-state index contributed by atoms with van der Waals surface area (Å²) < 4.78 is 26.6. The summed E-state index contributed by atoms with van der Waals surface area (Å²) in [6.45, 7) is 10.1. The second-order valence-electron chi connectivity index (χ2n) is 11.7. The van der Waals surface area contributed by atoms with Gasteiger partial charge in [-0.25, -0.2) is 8.42 Å². The predicted molar refractivity (Wildman–Crippen MR) is 166 cm³/mol. The van der Waals surface area contributed by atoms with Crippen LogP contribution in [0.25, 0.3) is 0 Å². The Hall–Kier alpha value is -3.65.